The Hall–Kier alpha value is -3.02. The molecule has 0 radical (unpaired) electrons. The van der Waals surface area contributed by atoms with Crippen LogP contribution in [0.5, 0.6) is 5.75 Å². The third-order valence-corrected chi connectivity index (χ3v) is 3.62. The highest BCUT2D eigenvalue weighted by Crippen LogP contribution is 2.19. The molecule has 144 valence electrons. The van der Waals surface area contributed by atoms with Gasteiger partial charge in [0.1, 0.15) is 5.75 Å². The van der Waals surface area contributed by atoms with Crippen LogP contribution < -0.4 is 20.7 Å². The maximum atomic E-state index is 12.1. The molecule has 0 aliphatic rings. The van der Waals surface area contributed by atoms with Gasteiger partial charge in [-0.1, -0.05) is 19.9 Å². The summed E-state index contributed by atoms with van der Waals surface area (Å²) in [5.41, 5.74) is 2.21. The molecule has 0 heterocycles. The van der Waals surface area contributed by atoms with Gasteiger partial charge in [0.25, 0.3) is 0 Å². The first-order valence-corrected chi connectivity index (χ1v) is 9.05. The summed E-state index contributed by atoms with van der Waals surface area (Å²) in [6, 6.07) is 14.5. The first-order valence-electron chi connectivity index (χ1n) is 9.05. The van der Waals surface area contributed by atoms with E-state index in [0.717, 1.165) is 17.1 Å². The van der Waals surface area contributed by atoms with Gasteiger partial charge in [-0.15, -0.1) is 0 Å². The fourth-order valence-electron chi connectivity index (χ4n) is 2.26. The van der Waals surface area contributed by atoms with Crippen molar-refractivity contribution in [2.75, 3.05) is 22.5 Å². The fourth-order valence-corrected chi connectivity index (χ4v) is 2.26. The van der Waals surface area contributed by atoms with Gasteiger partial charge >= 0.3 is 0 Å². The van der Waals surface area contributed by atoms with E-state index in [9.17, 15) is 9.59 Å². The molecule has 0 aliphatic heterocycles. The zero-order valence-electron chi connectivity index (χ0n) is 16.2. The van der Waals surface area contributed by atoms with Crippen molar-refractivity contribution in [2.24, 2.45) is 5.92 Å². The Balaban J connectivity index is 1.84. The second-order valence-corrected chi connectivity index (χ2v) is 6.82. The SMILES string of the molecule is CC(C)Oc1cccc(NC(=O)CNc2ccc(NC(=O)C(C)C)cc2)c1. The molecule has 0 spiro atoms. The predicted molar refractivity (Wildman–Crippen MR) is 109 cm³/mol. The lowest BCUT2D eigenvalue weighted by Gasteiger charge is -2.12. The minimum Gasteiger partial charge on any atom is -0.491 e. The zero-order chi connectivity index (χ0) is 19.8. The summed E-state index contributed by atoms with van der Waals surface area (Å²) in [4.78, 5) is 23.8. The van der Waals surface area contributed by atoms with E-state index in [1.54, 1.807) is 18.2 Å². The van der Waals surface area contributed by atoms with Crippen LogP contribution in [0.3, 0.4) is 0 Å². The molecule has 0 aromatic heterocycles. The standard InChI is InChI=1S/C21H27N3O3/c1-14(2)21(26)24-17-10-8-16(9-11-17)22-13-20(25)23-18-6-5-7-19(12-18)27-15(3)4/h5-12,14-15,22H,13H2,1-4H3,(H,23,25)(H,24,26). The highest BCUT2D eigenvalue weighted by molar-refractivity contribution is 5.94. The fraction of sp³-hybridized carbons (Fsp3) is 0.333. The number of amides is 2. The molecule has 2 amide bonds. The van der Waals surface area contributed by atoms with Crippen molar-refractivity contribution in [3.63, 3.8) is 0 Å². The Bertz CT molecular complexity index is 770. The van der Waals surface area contributed by atoms with Crippen molar-refractivity contribution in [3.8, 4) is 5.75 Å². The molecule has 6 nitrogen and oxygen atoms in total. The first-order chi connectivity index (χ1) is 12.8. The molecule has 27 heavy (non-hydrogen) atoms. The molecule has 6 heteroatoms. The quantitative estimate of drug-likeness (QED) is 0.654. The van der Waals surface area contributed by atoms with Crippen molar-refractivity contribution >= 4 is 28.9 Å². The maximum absolute atomic E-state index is 12.1. The van der Waals surface area contributed by atoms with Gasteiger partial charge in [-0.2, -0.15) is 0 Å². The Labute approximate surface area is 160 Å². The number of hydrogen-bond acceptors (Lipinski definition) is 4. The normalized spacial score (nSPS) is 10.6. The van der Waals surface area contributed by atoms with Crippen molar-refractivity contribution in [1.29, 1.82) is 0 Å². The van der Waals surface area contributed by atoms with Gasteiger partial charge in [-0.25, -0.2) is 0 Å². The highest BCUT2D eigenvalue weighted by atomic mass is 16.5. The lowest BCUT2D eigenvalue weighted by atomic mass is 10.2. The summed E-state index contributed by atoms with van der Waals surface area (Å²) in [5.74, 6) is 0.457. The molecule has 0 bridgehead atoms. The molecule has 0 aliphatic carbocycles. The number of carbonyl (C=O) groups is 2. The number of hydrogen-bond donors (Lipinski definition) is 3. The summed E-state index contributed by atoms with van der Waals surface area (Å²) < 4.78 is 5.62. The lowest BCUT2D eigenvalue weighted by molar-refractivity contribution is -0.119. The summed E-state index contributed by atoms with van der Waals surface area (Å²) in [7, 11) is 0. The summed E-state index contributed by atoms with van der Waals surface area (Å²) in [5, 5.41) is 8.72. The van der Waals surface area contributed by atoms with Crippen LogP contribution in [0.4, 0.5) is 17.1 Å². The molecular weight excluding hydrogens is 342 g/mol. The zero-order valence-corrected chi connectivity index (χ0v) is 16.2. The van der Waals surface area contributed by atoms with Crippen molar-refractivity contribution in [3.05, 3.63) is 48.5 Å². The third-order valence-electron chi connectivity index (χ3n) is 3.62. The van der Waals surface area contributed by atoms with Crippen LogP contribution in [0, 0.1) is 5.92 Å². The molecule has 0 saturated heterocycles. The molecule has 0 atom stereocenters. The minimum atomic E-state index is -0.158. The number of nitrogens with one attached hydrogen (secondary N) is 3. The average molecular weight is 369 g/mol. The smallest absolute Gasteiger partial charge is 0.243 e. The maximum Gasteiger partial charge on any atom is 0.243 e. The number of carbonyl (C=O) groups excluding carboxylic acids is 2. The van der Waals surface area contributed by atoms with E-state index in [1.807, 2.05) is 58.0 Å². The molecule has 0 unspecified atom stereocenters. The number of benzene rings is 2. The topological polar surface area (TPSA) is 79.5 Å². The highest BCUT2D eigenvalue weighted by Gasteiger charge is 2.07. The Kier molecular flexibility index (Phi) is 7.23. The number of rotatable bonds is 8. The summed E-state index contributed by atoms with van der Waals surface area (Å²) in [6.45, 7) is 7.72. The van der Waals surface area contributed by atoms with Gasteiger partial charge in [0.05, 0.1) is 12.6 Å². The molecule has 0 saturated carbocycles. The van der Waals surface area contributed by atoms with E-state index in [2.05, 4.69) is 16.0 Å². The van der Waals surface area contributed by atoms with Crippen molar-refractivity contribution in [2.45, 2.75) is 33.8 Å². The van der Waals surface area contributed by atoms with Gasteiger partial charge < -0.3 is 20.7 Å². The number of anilines is 3. The monoisotopic (exact) mass is 369 g/mol. The van der Waals surface area contributed by atoms with Gasteiger partial charge in [-0.3, -0.25) is 9.59 Å². The van der Waals surface area contributed by atoms with Crippen LogP contribution in [0.25, 0.3) is 0 Å². The largest absolute Gasteiger partial charge is 0.491 e. The minimum absolute atomic E-state index is 0.0289. The van der Waals surface area contributed by atoms with E-state index < -0.39 is 0 Å². The molecule has 2 aromatic carbocycles. The Morgan fingerprint density at radius 2 is 1.56 bits per heavy atom. The van der Waals surface area contributed by atoms with Crippen LogP contribution in [0.2, 0.25) is 0 Å². The Morgan fingerprint density at radius 1 is 0.889 bits per heavy atom. The van der Waals surface area contributed by atoms with Crippen LogP contribution in [0.15, 0.2) is 48.5 Å². The van der Waals surface area contributed by atoms with Crippen LogP contribution in [-0.4, -0.2) is 24.5 Å². The van der Waals surface area contributed by atoms with Crippen molar-refractivity contribution < 1.29 is 14.3 Å². The van der Waals surface area contributed by atoms with Crippen LogP contribution in [0.1, 0.15) is 27.7 Å². The van der Waals surface area contributed by atoms with Crippen LogP contribution >= 0.6 is 0 Å². The second-order valence-electron chi connectivity index (χ2n) is 6.82. The molecule has 2 aromatic rings. The predicted octanol–water partition coefficient (Wildman–Crippen LogP) is 4.12. The summed E-state index contributed by atoms with van der Waals surface area (Å²) in [6.07, 6.45) is 0.0749. The molecule has 2 rings (SSSR count). The van der Waals surface area contributed by atoms with Gasteiger partial charge in [0, 0.05) is 29.0 Å². The Morgan fingerprint density at radius 3 is 2.19 bits per heavy atom. The van der Waals surface area contributed by atoms with Gasteiger partial charge in [0.15, 0.2) is 0 Å². The van der Waals surface area contributed by atoms with Crippen molar-refractivity contribution in [1.82, 2.24) is 0 Å². The van der Waals surface area contributed by atoms with Gasteiger partial charge in [0.2, 0.25) is 11.8 Å². The number of ether oxygens (including phenoxy) is 1. The lowest BCUT2D eigenvalue weighted by Crippen LogP contribution is -2.21. The second kappa shape index (κ2) is 9.62. The van der Waals surface area contributed by atoms with E-state index in [-0.39, 0.29) is 30.4 Å². The average Bonchev–Trinajstić information content (AvgIpc) is 2.60. The molecule has 3 N–H and O–H groups in total. The van der Waals surface area contributed by atoms with Crippen LogP contribution in [-0.2, 0) is 9.59 Å². The van der Waals surface area contributed by atoms with E-state index in [1.165, 1.54) is 0 Å². The van der Waals surface area contributed by atoms with Gasteiger partial charge in [-0.05, 0) is 50.2 Å². The molecule has 0 fully saturated rings. The molecular formula is C21H27N3O3. The first kappa shape index (κ1) is 20.3. The van der Waals surface area contributed by atoms with E-state index in [4.69, 9.17) is 4.74 Å². The van der Waals surface area contributed by atoms with E-state index in [0.29, 0.717) is 5.69 Å². The van der Waals surface area contributed by atoms with E-state index >= 15 is 0 Å². The third kappa shape index (κ3) is 7.01. The summed E-state index contributed by atoms with van der Waals surface area (Å²) >= 11 is 0.